The van der Waals surface area contributed by atoms with Gasteiger partial charge in [0.25, 0.3) is 0 Å². The summed E-state index contributed by atoms with van der Waals surface area (Å²) in [6, 6.07) is 14.0. The van der Waals surface area contributed by atoms with E-state index in [4.69, 9.17) is 17.4 Å². The fourth-order valence-corrected chi connectivity index (χ4v) is 2.28. The van der Waals surface area contributed by atoms with Crippen molar-refractivity contribution in [3.8, 4) is 0 Å². The molecule has 4 heteroatoms. The molecule has 0 amide bonds. The van der Waals surface area contributed by atoms with Gasteiger partial charge in [-0.15, -0.1) is 0 Å². The molecule has 2 aromatic carbocycles. The minimum Gasteiger partial charge on any atom is -0.271 e. The van der Waals surface area contributed by atoms with E-state index in [0.717, 1.165) is 26.2 Å². The van der Waals surface area contributed by atoms with Gasteiger partial charge in [-0.2, -0.15) is 0 Å². The van der Waals surface area contributed by atoms with E-state index in [1.54, 1.807) is 0 Å². The molecule has 0 saturated carbocycles. The molecule has 18 heavy (non-hydrogen) atoms. The van der Waals surface area contributed by atoms with Crippen molar-refractivity contribution in [2.24, 2.45) is 5.84 Å². The topological polar surface area (TPSA) is 38.0 Å². The van der Waals surface area contributed by atoms with Crippen molar-refractivity contribution < 1.29 is 0 Å². The van der Waals surface area contributed by atoms with Crippen LogP contribution in [0.5, 0.6) is 0 Å². The van der Waals surface area contributed by atoms with Crippen LogP contribution in [0.25, 0.3) is 0 Å². The molecule has 1 unspecified atom stereocenters. The number of benzene rings is 2. The van der Waals surface area contributed by atoms with E-state index in [0.29, 0.717) is 0 Å². The molecule has 0 spiro atoms. The Hall–Kier alpha value is -0.870. The summed E-state index contributed by atoms with van der Waals surface area (Å²) in [7, 11) is 0. The standard InChI is InChI=1S/C14H14BrClN2/c1-9-2-3-11(8-13(9)16)14(18-17)10-4-6-12(15)7-5-10/h2-8,14,18H,17H2,1H3. The molecular formula is C14H14BrClN2. The lowest BCUT2D eigenvalue weighted by Crippen LogP contribution is -2.28. The number of aryl methyl sites for hydroxylation is 1. The van der Waals surface area contributed by atoms with Gasteiger partial charge in [-0.05, 0) is 41.8 Å². The first-order valence-corrected chi connectivity index (χ1v) is 6.76. The lowest BCUT2D eigenvalue weighted by molar-refractivity contribution is 0.637. The SMILES string of the molecule is Cc1ccc(C(NN)c2ccc(Br)cc2)cc1Cl. The smallest absolute Gasteiger partial charge is 0.0710 e. The Labute approximate surface area is 120 Å². The molecule has 0 fully saturated rings. The van der Waals surface area contributed by atoms with Crippen LogP contribution in [-0.2, 0) is 0 Å². The van der Waals surface area contributed by atoms with E-state index < -0.39 is 0 Å². The number of hydrogen-bond donors (Lipinski definition) is 2. The van der Waals surface area contributed by atoms with Gasteiger partial charge in [-0.25, -0.2) is 5.43 Å². The minimum absolute atomic E-state index is 0.0591. The van der Waals surface area contributed by atoms with Crippen molar-refractivity contribution >= 4 is 27.5 Å². The summed E-state index contributed by atoms with van der Waals surface area (Å²) in [5, 5.41) is 0.755. The van der Waals surface area contributed by atoms with Crippen molar-refractivity contribution in [3.05, 3.63) is 68.7 Å². The van der Waals surface area contributed by atoms with Crippen LogP contribution in [0.2, 0.25) is 5.02 Å². The zero-order valence-electron chi connectivity index (χ0n) is 9.95. The summed E-state index contributed by atoms with van der Waals surface area (Å²) in [6.07, 6.45) is 0. The van der Waals surface area contributed by atoms with Crippen LogP contribution < -0.4 is 11.3 Å². The van der Waals surface area contributed by atoms with Gasteiger partial charge in [0.1, 0.15) is 0 Å². The fraction of sp³-hybridized carbons (Fsp3) is 0.143. The molecule has 0 heterocycles. The Morgan fingerprint density at radius 2 is 1.72 bits per heavy atom. The number of hydrogen-bond acceptors (Lipinski definition) is 2. The van der Waals surface area contributed by atoms with Crippen LogP contribution in [0, 0.1) is 6.92 Å². The Kier molecular flexibility index (Phi) is 4.40. The largest absolute Gasteiger partial charge is 0.271 e. The van der Waals surface area contributed by atoms with E-state index in [1.807, 2.05) is 49.4 Å². The average molecular weight is 326 g/mol. The fourth-order valence-electron chi connectivity index (χ4n) is 1.83. The summed E-state index contributed by atoms with van der Waals surface area (Å²) < 4.78 is 1.05. The number of nitrogens with two attached hydrogens (primary N) is 1. The van der Waals surface area contributed by atoms with Crippen LogP contribution in [0.15, 0.2) is 46.9 Å². The van der Waals surface area contributed by atoms with Crippen molar-refractivity contribution in [1.82, 2.24) is 5.43 Å². The molecule has 0 aliphatic carbocycles. The highest BCUT2D eigenvalue weighted by atomic mass is 79.9. The third-order valence-electron chi connectivity index (χ3n) is 2.90. The minimum atomic E-state index is -0.0591. The lowest BCUT2D eigenvalue weighted by atomic mass is 9.98. The second-order valence-electron chi connectivity index (χ2n) is 4.16. The normalized spacial score (nSPS) is 12.4. The van der Waals surface area contributed by atoms with Gasteiger partial charge in [0.15, 0.2) is 0 Å². The summed E-state index contributed by atoms with van der Waals surface area (Å²) in [5.41, 5.74) is 6.04. The molecule has 2 aromatic rings. The third-order valence-corrected chi connectivity index (χ3v) is 3.84. The molecule has 2 rings (SSSR count). The molecule has 0 bridgehead atoms. The van der Waals surface area contributed by atoms with E-state index >= 15 is 0 Å². The maximum absolute atomic E-state index is 6.15. The Balaban J connectivity index is 2.38. The van der Waals surface area contributed by atoms with Gasteiger partial charge in [-0.3, -0.25) is 5.84 Å². The Morgan fingerprint density at radius 1 is 1.11 bits per heavy atom. The number of nitrogens with one attached hydrogen (secondary N) is 1. The van der Waals surface area contributed by atoms with E-state index in [-0.39, 0.29) is 6.04 Å². The van der Waals surface area contributed by atoms with Crippen LogP contribution in [-0.4, -0.2) is 0 Å². The average Bonchev–Trinajstić information content (AvgIpc) is 2.37. The summed E-state index contributed by atoms with van der Waals surface area (Å²) >= 11 is 9.57. The molecule has 2 nitrogen and oxygen atoms in total. The first kappa shape index (κ1) is 13.6. The molecule has 1 atom stereocenters. The van der Waals surface area contributed by atoms with Gasteiger partial charge < -0.3 is 0 Å². The first-order chi connectivity index (χ1) is 8.61. The van der Waals surface area contributed by atoms with Crippen molar-refractivity contribution in [1.29, 1.82) is 0 Å². The van der Waals surface area contributed by atoms with E-state index in [2.05, 4.69) is 21.4 Å². The molecule has 94 valence electrons. The summed E-state index contributed by atoms with van der Waals surface area (Å²) in [6.45, 7) is 1.98. The lowest BCUT2D eigenvalue weighted by Gasteiger charge is -2.17. The maximum Gasteiger partial charge on any atom is 0.0710 e. The van der Waals surface area contributed by atoms with Crippen molar-refractivity contribution in [2.75, 3.05) is 0 Å². The van der Waals surface area contributed by atoms with Gasteiger partial charge in [0.05, 0.1) is 6.04 Å². The van der Waals surface area contributed by atoms with E-state index in [9.17, 15) is 0 Å². The quantitative estimate of drug-likeness (QED) is 0.662. The third kappa shape index (κ3) is 2.93. The number of hydrazine groups is 1. The second kappa shape index (κ2) is 5.85. The van der Waals surface area contributed by atoms with Gasteiger partial charge in [-0.1, -0.05) is 51.8 Å². The molecule has 3 N–H and O–H groups in total. The second-order valence-corrected chi connectivity index (χ2v) is 5.48. The number of rotatable bonds is 3. The molecule has 0 aromatic heterocycles. The zero-order valence-corrected chi connectivity index (χ0v) is 12.3. The molecular weight excluding hydrogens is 312 g/mol. The van der Waals surface area contributed by atoms with Crippen molar-refractivity contribution in [3.63, 3.8) is 0 Å². The van der Waals surface area contributed by atoms with Crippen molar-refractivity contribution in [2.45, 2.75) is 13.0 Å². The first-order valence-electron chi connectivity index (χ1n) is 5.59. The predicted molar refractivity (Wildman–Crippen MR) is 79.5 cm³/mol. The summed E-state index contributed by atoms with van der Waals surface area (Å²) in [5.74, 6) is 5.66. The Bertz CT molecular complexity index is 540. The van der Waals surface area contributed by atoms with Gasteiger partial charge in [0.2, 0.25) is 0 Å². The van der Waals surface area contributed by atoms with Gasteiger partial charge in [0, 0.05) is 9.50 Å². The monoisotopic (exact) mass is 324 g/mol. The summed E-state index contributed by atoms with van der Waals surface area (Å²) in [4.78, 5) is 0. The molecule has 0 radical (unpaired) electrons. The molecule has 0 saturated heterocycles. The highest BCUT2D eigenvalue weighted by Gasteiger charge is 2.13. The van der Waals surface area contributed by atoms with Crippen LogP contribution in [0.4, 0.5) is 0 Å². The van der Waals surface area contributed by atoms with Gasteiger partial charge >= 0.3 is 0 Å². The number of halogens is 2. The molecule has 0 aliphatic heterocycles. The van der Waals surface area contributed by atoms with Crippen LogP contribution in [0.1, 0.15) is 22.7 Å². The maximum atomic E-state index is 6.15. The zero-order chi connectivity index (χ0) is 13.1. The highest BCUT2D eigenvalue weighted by Crippen LogP contribution is 2.26. The molecule has 0 aliphatic rings. The highest BCUT2D eigenvalue weighted by molar-refractivity contribution is 9.10. The predicted octanol–water partition coefficient (Wildman–Crippen LogP) is 3.96. The van der Waals surface area contributed by atoms with Crippen LogP contribution >= 0.6 is 27.5 Å². The van der Waals surface area contributed by atoms with Crippen LogP contribution in [0.3, 0.4) is 0 Å². The van der Waals surface area contributed by atoms with E-state index in [1.165, 1.54) is 0 Å². The Morgan fingerprint density at radius 3 is 2.28 bits per heavy atom.